The molecule has 2 aliphatic heterocycles. The monoisotopic (exact) mass is 544 g/mol. The summed E-state index contributed by atoms with van der Waals surface area (Å²) in [6, 6.07) is 0. The molecule has 2 heterocycles. The zero-order valence-electron chi connectivity index (χ0n) is 19.0. The van der Waals surface area contributed by atoms with Crippen LogP contribution in [-0.4, -0.2) is 34.4 Å². The number of carbonyl (C=O) groups excluding carboxylic acids is 1. The van der Waals surface area contributed by atoms with Gasteiger partial charge in [0.05, 0.1) is 23.6 Å². The molecule has 1 spiro atoms. The predicted octanol–water partition coefficient (Wildman–Crippen LogP) is 6.50. The largest absolute Gasteiger partial charge is 0.469 e. The Morgan fingerprint density at radius 3 is 2.57 bits per heavy atom. The summed E-state index contributed by atoms with van der Waals surface area (Å²) < 4.78 is 12.1. The number of esters is 1. The fraction of sp³-hybridized carbons (Fsp3) is 0.960. The minimum Gasteiger partial charge on any atom is -0.469 e. The highest BCUT2D eigenvalue weighted by atomic mass is 79.9. The van der Waals surface area contributed by atoms with E-state index in [0.717, 1.165) is 12.3 Å². The van der Waals surface area contributed by atoms with Gasteiger partial charge in [-0.2, -0.15) is 0 Å². The number of hydrogen-bond acceptors (Lipinski definition) is 3. The summed E-state index contributed by atoms with van der Waals surface area (Å²) in [5.41, 5.74) is 0.531. The number of alkyl halides is 2. The maximum Gasteiger partial charge on any atom is 0.305 e. The minimum atomic E-state index is -0.0733. The summed E-state index contributed by atoms with van der Waals surface area (Å²) in [7, 11) is 1.50. The molecule has 0 radical (unpaired) electrons. The molecule has 4 saturated carbocycles. The zero-order chi connectivity index (χ0) is 21.5. The lowest BCUT2D eigenvalue weighted by Crippen LogP contribution is -2.77. The second-order valence-electron chi connectivity index (χ2n) is 11.7. The Morgan fingerprint density at radius 1 is 1.10 bits per heavy atom. The second-order valence-corrected chi connectivity index (χ2v) is 13.6. The highest BCUT2D eigenvalue weighted by molar-refractivity contribution is 9.12. The van der Waals surface area contributed by atoms with E-state index < -0.39 is 0 Å². The van der Waals surface area contributed by atoms with Gasteiger partial charge < -0.3 is 9.47 Å². The number of hydrogen-bond donors (Lipinski definition) is 0. The third-order valence-electron chi connectivity index (χ3n) is 10.9. The van der Waals surface area contributed by atoms with Crippen LogP contribution in [0.4, 0.5) is 0 Å². The Labute approximate surface area is 199 Å². The van der Waals surface area contributed by atoms with E-state index in [9.17, 15) is 4.79 Å². The van der Waals surface area contributed by atoms with Crippen molar-refractivity contribution < 1.29 is 14.3 Å². The van der Waals surface area contributed by atoms with Crippen molar-refractivity contribution in [2.24, 2.45) is 40.4 Å². The van der Waals surface area contributed by atoms with Crippen LogP contribution in [0.15, 0.2) is 0 Å². The molecular weight excluding hydrogens is 508 g/mol. The van der Waals surface area contributed by atoms with E-state index in [1.54, 1.807) is 0 Å². The van der Waals surface area contributed by atoms with Gasteiger partial charge >= 0.3 is 5.97 Å². The van der Waals surface area contributed by atoms with Crippen LogP contribution in [0.1, 0.15) is 78.6 Å². The molecule has 170 valence electrons. The lowest BCUT2D eigenvalue weighted by molar-refractivity contribution is -0.325. The van der Waals surface area contributed by atoms with E-state index in [0.29, 0.717) is 51.3 Å². The standard InChI is InChI=1S/C25H38Br2O3/c1-14(5-10-20(28)29-4)17-8-9-18-19-7-6-15-13-16-11-12-23(15,2)25(19,30-16)22(27)21(26)24(17,18)3/h14-19,21-22H,5-13H2,1-4H3/t14-,15+,16?,17-,18+,19+,21-,22-,23-,24-,25-/m1/s1. The highest BCUT2D eigenvalue weighted by Gasteiger charge is 2.76. The average molecular weight is 546 g/mol. The van der Waals surface area contributed by atoms with Crippen molar-refractivity contribution in [3.63, 3.8) is 0 Å². The van der Waals surface area contributed by atoms with Crippen LogP contribution >= 0.6 is 31.9 Å². The third-order valence-corrected chi connectivity index (χ3v) is 14.4. The highest BCUT2D eigenvalue weighted by Crippen LogP contribution is 2.75. The Hall–Kier alpha value is 0.390. The number of methoxy groups -OCH3 is 1. The molecule has 1 unspecified atom stereocenters. The number of rotatable bonds is 4. The van der Waals surface area contributed by atoms with Gasteiger partial charge in [-0.1, -0.05) is 52.6 Å². The molecule has 30 heavy (non-hydrogen) atoms. The Bertz CT molecular complexity index is 715. The molecule has 3 nitrogen and oxygen atoms in total. The molecule has 0 N–H and O–H groups in total. The Morgan fingerprint density at radius 2 is 1.83 bits per heavy atom. The number of carbonyl (C=O) groups is 1. The van der Waals surface area contributed by atoms with Crippen molar-refractivity contribution in [2.75, 3.05) is 7.11 Å². The maximum atomic E-state index is 11.8. The van der Waals surface area contributed by atoms with Crippen LogP contribution < -0.4 is 0 Å². The molecule has 0 amide bonds. The molecule has 11 atom stereocenters. The quantitative estimate of drug-likeness (QED) is 0.298. The van der Waals surface area contributed by atoms with Gasteiger partial charge in [0, 0.05) is 16.7 Å². The lowest BCUT2D eigenvalue weighted by Gasteiger charge is -2.74. The van der Waals surface area contributed by atoms with Gasteiger partial charge in [-0.15, -0.1) is 0 Å². The first-order chi connectivity index (χ1) is 14.2. The van der Waals surface area contributed by atoms with Crippen LogP contribution in [-0.2, 0) is 14.3 Å². The van der Waals surface area contributed by atoms with Crippen molar-refractivity contribution in [3.05, 3.63) is 0 Å². The van der Waals surface area contributed by atoms with E-state index in [4.69, 9.17) is 9.47 Å². The van der Waals surface area contributed by atoms with Gasteiger partial charge in [-0.3, -0.25) is 4.79 Å². The molecule has 4 aliphatic carbocycles. The van der Waals surface area contributed by atoms with Crippen molar-refractivity contribution in [2.45, 2.75) is 99.9 Å². The smallest absolute Gasteiger partial charge is 0.305 e. The molecule has 2 saturated heterocycles. The first kappa shape index (κ1) is 22.2. The average Bonchev–Trinajstić information content (AvgIpc) is 3.08. The second kappa shape index (κ2) is 7.45. The number of ether oxygens (including phenoxy) is 2. The number of halogens is 2. The predicted molar refractivity (Wildman–Crippen MR) is 126 cm³/mol. The van der Waals surface area contributed by atoms with E-state index >= 15 is 0 Å². The normalized spacial score (nSPS) is 54.9. The van der Waals surface area contributed by atoms with Gasteiger partial charge in [-0.05, 0) is 86.4 Å². The van der Waals surface area contributed by atoms with E-state index in [-0.39, 0.29) is 17.0 Å². The lowest BCUT2D eigenvalue weighted by atomic mass is 9.40. The Balaban J connectivity index is 1.48. The summed E-state index contributed by atoms with van der Waals surface area (Å²) in [6.07, 6.45) is 11.1. The van der Waals surface area contributed by atoms with Crippen LogP contribution in [0.5, 0.6) is 0 Å². The van der Waals surface area contributed by atoms with Gasteiger partial charge in [-0.25, -0.2) is 0 Å². The van der Waals surface area contributed by atoms with Gasteiger partial charge in [0.1, 0.15) is 0 Å². The first-order valence-electron chi connectivity index (χ1n) is 12.2. The summed E-state index contributed by atoms with van der Waals surface area (Å²) in [5.74, 6) is 3.29. The molecule has 0 aromatic carbocycles. The maximum absolute atomic E-state index is 11.8. The van der Waals surface area contributed by atoms with Gasteiger partial charge in [0.25, 0.3) is 0 Å². The molecule has 4 bridgehead atoms. The van der Waals surface area contributed by atoms with Crippen molar-refractivity contribution >= 4 is 37.8 Å². The van der Waals surface area contributed by atoms with Crippen LogP contribution in [0.25, 0.3) is 0 Å². The van der Waals surface area contributed by atoms with Crippen LogP contribution in [0, 0.1) is 40.4 Å². The molecular formula is C25H38Br2O3. The number of fused-ring (bicyclic) bond motifs is 3. The first-order valence-corrected chi connectivity index (χ1v) is 14.1. The molecule has 0 aromatic heterocycles. The van der Waals surface area contributed by atoms with Crippen molar-refractivity contribution in [3.8, 4) is 0 Å². The summed E-state index contributed by atoms with van der Waals surface area (Å²) in [5, 5.41) is 0. The topological polar surface area (TPSA) is 35.5 Å². The summed E-state index contributed by atoms with van der Waals surface area (Å²) in [4.78, 5) is 12.5. The fourth-order valence-electron chi connectivity index (χ4n) is 9.40. The summed E-state index contributed by atoms with van der Waals surface area (Å²) in [6.45, 7) is 7.49. The minimum absolute atomic E-state index is 0.0143. The van der Waals surface area contributed by atoms with Crippen LogP contribution in [0.2, 0.25) is 0 Å². The zero-order valence-corrected chi connectivity index (χ0v) is 22.1. The van der Waals surface area contributed by atoms with Crippen molar-refractivity contribution in [1.29, 1.82) is 0 Å². The molecule has 6 aliphatic rings. The fourth-order valence-corrected chi connectivity index (χ4v) is 12.0. The SMILES string of the molecule is COC(=O)CC[C@@H](C)[C@H]1CC[C@H]2[C@@H]3CC[C@H]4CC5CC[C@@]4(C)[C@]3(O5)[C@H](Br)[C@@H](Br)[C@]12C. The summed E-state index contributed by atoms with van der Waals surface area (Å²) >= 11 is 8.57. The van der Waals surface area contributed by atoms with Gasteiger partial charge in [0.2, 0.25) is 0 Å². The molecule has 0 aromatic rings. The van der Waals surface area contributed by atoms with E-state index in [2.05, 4.69) is 52.6 Å². The third kappa shape index (κ3) is 2.67. The molecule has 6 fully saturated rings. The van der Waals surface area contributed by atoms with Crippen molar-refractivity contribution in [1.82, 2.24) is 0 Å². The molecule has 6 rings (SSSR count). The Kier molecular flexibility index (Phi) is 5.51. The molecule has 5 heteroatoms. The van der Waals surface area contributed by atoms with Crippen LogP contribution in [0.3, 0.4) is 0 Å². The van der Waals surface area contributed by atoms with Gasteiger partial charge in [0.15, 0.2) is 0 Å². The van der Waals surface area contributed by atoms with E-state index in [1.165, 1.54) is 52.1 Å². The van der Waals surface area contributed by atoms with E-state index in [1.807, 2.05) is 0 Å².